The summed E-state index contributed by atoms with van der Waals surface area (Å²) in [6.45, 7) is 5.61. The van der Waals surface area contributed by atoms with Crippen LogP contribution in [0.2, 0.25) is 0 Å². The maximum absolute atomic E-state index is 11.3. The zero-order valence-corrected chi connectivity index (χ0v) is 10.7. The van der Waals surface area contributed by atoms with Gasteiger partial charge in [0.1, 0.15) is 0 Å². The monoisotopic (exact) mass is 264 g/mol. The molecule has 0 aliphatic carbocycles. The molecule has 6 heteroatoms. The van der Waals surface area contributed by atoms with E-state index in [-0.39, 0.29) is 23.6 Å². The number of aliphatic hydroxyl groups excluding tert-OH is 1. The van der Waals surface area contributed by atoms with Crippen LogP contribution in [0.5, 0.6) is 0 Å². The number of nitro benzene ring substituents is 1. The number of rotatable bonds is 7. The van der Waals surface area contributed by atoms with Gasteiger partial charge >= 0.3 is 0 Å². The van der Waals surface area contributed by atoms with Gasteiger partial charge in [-0.3, -0.25) is 14.9 Å². The Morgan fingerprint density at radius 3 is 2.74 bits per heavy atom. The number of hydrogen-bond donors (Lipinski definition) is 1. The van der Waals surface area contributed by atoms with Crippen molar-refractivity contribution in [3.05, 3.63) is 46.5 Å². The molecule has 0 radical (unpaired) electrons. The smallest absolute Gasteiger partial charge is 0.282 e. The molecule has 0 saturated carbocycles. The van der Waals surface area contributed by atoms with Gasteiger partial charge in [0, 0.05) is 24.8 Å². The molecule has 1 rings (SSSR count). The van der Waals surface area contributed by atoms with E-state index in [2.05, 4.69) is 6.58 Å². The Balaban J connectivity index is 3.22. The molecule has 0 fully saturated rings. The number of nitrogens with zero attached hydrogens (tertiary/aromatic N) is 2. The van der Waals surface area contributed by atoms with Crippen LogP contribution in [0.4, 0.5) is 11.4 Å². The van der Waals surface area contributed by atoms with E-state index in [0.717, 1.165) is 0 Å². The lowest BCUT2D eigenvalue weighted by atomic mass is 10.1. The van der Waals surface area contributed by atoms with Crippen molar-refractivity contribution in [1.29, 1.82) is 0 Å². The van der Waals surface area contributed by atoms with Crippen molar-refractivity contribution in [2.45, 2.75) is 6.92 Å². The minimum Gasteiger partial charge on any atom is -0.395 e. The highest BCUT2D eigenvalue weighted by molar-refractivity contribution is 5.98. The van der Waals surface area contributed by atoms with E-state index in [1.807, 2.05) is 0 Å². The van der Waals surface area contributed by atoms with E-state index in [9.17, 15) is 14.9 Å². The second kappa shape index (κ2) is 6.65. The predicted octanol–water partition coefficient (Wildman–Crippen LogP) is 1.78. The largest absolute Gasteiger partial charge is 0.395 e. The average Bonchev–Trinajstić information content (AvgIpc) is 2.37. The summed E-state index contributed by atoms with van der Waals surface area (Å²) < 4.78 is 0. The van der Waals surface area contributed by atoms with Crippen molar-refractivity contribution in [1.82, 2.24) is 0 Å². The Kier molecular flexibility index (Phi) is 5.20. The third-order valence-electron chi connectivity index (χ3n) is 2.64. The van der Waals surface area contributed by atoms with Crippen LogP contribution < -0.4 is 4.90 Å². The zero-order chi connectivity index (χ0) is 14.4. The highest BCUT2D eigenvalue weighted by Crippen LogP contribution is 2.26. The van der Waals surface area contributed by atoms with Gasteiger partial charge in [0.15, 0.2) is 5.78 Å². The van der Waals surface area contributed by atoms with Crippen molar-refractivity contribution in [3.8, 4) is 0 Å². The highest BCUT2D eigenvalue weighted by atomic mass is 16.6. The Hall–Kier alpha value is -2.21. The molecule has 1 aromatic carbocycles. The van der Waals surface area contributed by atoms with Crippen LogP contribution in [0.1, 0.15) is 17.3 Å². The molecule has 0 unspecified atom stereocenters. The molecule has 6 nitrogen and oxygen atoms in total. The molecule has 1 N–H and O–H groups in total. The molecule has 0 saturated heterocycles. The number of anilines is 1. The van der Waals surface area contributed by atoms with Gasteiger partial charge in [-0.25, -0.2) is 0 Å². The fourth-order valence-corrected chi connectivity index (χ4v) is 1.77. The molecule has 1 aromatic rings. The fraction of sp³-hybridized carbons (Fsp3) is 0.308. The normalized spacial score (nSPS) is 10.0. The molecule has 0 atom stereocenters. The van der Waals surface area contributed by atoms with Crippen molar-refractivity contribution in [3.63, 3.8) is 0 Å². The van der Waals surface area contributed by atoms with Crippen LogP contribution in [0.25, 0.3) is 0 Å². The molecule has 0 spiro atoms. The Morgan fingerprint density at radius 1 is 1.58 bits per heavy atom. The maximum Gasteiger partial charge on any atom is 0.282 e. The van der Waals surface area contributed by atoms with E-state index in [1.54, 1.807) is 17.0 Å². The Labute approximate surface area is 111 Å². The van der Waals surface area contributed by atoms with Crippen LogP contribution in [0, 0.1) is 10.1 Å². The average molecular weight is 264 g/mol. The summed E-state index contributed by atoms with van der Waals surface area (Å²) in [6.07, 6.45) is 1.64. The first-order valence-electron chi connectivity index (χ1n) is 5.77. The van der Waals surface area contributed by atoms with Crippen LogP contribution in [0.3, 0.4) is 0 Å². The number of carbonyl (C=O) groups excluding carboxylic acids is 1. The fourth-order valence-electron chi connectivity index (χ4n) is 1.77. The molecule has 0 heterocycles. The van der Waals surface area contributed by atoms with Gasteiger partial charge in [-0.1, -0.05) is 6.08 Å². The quantitative estimate of drug-likeness (QED) is 0.351. The minimum atomic E-state index is -0.578. The molecular weight excluding hydrogens is 248 g/mol. The topological polar surface area (TPSA) is 83.7 Å². The lowest BCUT2D eigenvalue weighted by molar-refractivity contribution is -0.385. The number of hydrogen-bond acceptors (Lipinski definition) is 5. The van der Waals surface area contributed by atoms with E-state index in [1.165, 1.54) is 19.1 Å². The van der Waals surface area contributed by atoms with Gasteiger partial charge in [0.05, 0.1) is 17.1 Å². The third-order valence-corrected chi connectivity index (χ3v) is 2.64. The van der Waals surface area contributed by atoms with Gasteiger partial charge < -0.3 is 10.0 Å². The molecule has 0 bridgehead atoms. The molecular formula is C13H16N2O4. The standard InChI is InChI=1S/C13H16N2O4/c1-3-6-14(7-8-16)11-4-5-12(10(2)17)13(9-11)15(18)19/h3-5,9,16H,1,6-8H2,2H3. The number of Topliss-reactive ketones (excluding diaryl/α,β-unsaturated/α-hetero) is 1. The number of aliphatic hydroxyl groups is 1. The summed E-state index contributed by atoms with van der Waals surface area (Å²) in [5.41, 5.74) is 0.430. The van der Waals surface area contributed by atoms with Crippen molar-refractivity contribution < 1.29 is 14.8 Å². The lowest BCUT2D eigenvalue weighted by Gasteiger charge is -2.22. The summed E-state index contributed by atoms with van der Waals surface area (Å²) >= 11 is 0. The molecule has 102 valence electrons. The van der Waals surface area contributed by atoms with Gasteiger partial charge in [-0.05, 0) is 19.1 Å². The lowest BCUT2D eigenvalue weighted by Crippen LogP contribution is -2.26. The second-order valence-electron chi connectivity index (χ2n) is 3.97. The van der Waals surface area contributed by atoms with Crippen molar-refractivity contribution >= 4 is 17.2 Å². The van der Waals surface area contributed by atoms with Crippen LogP contribution in [0.15, 0.2) is 30.9 Å². The minimum absolute atomic E-state index is 0.0733. The Morgan fingerprint density at radius 2 is 2.26 bits per heavy atom. The van der Waals surface area contributed by atoms with Crippen LogP contribution >= 0.6 is 0 Å². The summed E-state index contributed by atoms with van der Waals surface area (Å²) in [5.74, 6) is -0.351. The zero-order valence-electron chi connectivity index (χ0n) is 10.7. The van der Waals surface area contributed by atoms with E-state index >= 15 is 0 Å². The third kappa shape index (κ3) is 3.62. The van der Waals surface area contributed by atoms with Gasteiger partial charge in [-0.2, -0.15) is 0 Å². The van der Waals surface area contributed by atoms with Crippen molar-refractivity contribution in [2.24, 2.45) is 0 Å². The number of benzene rings is 1. The SMILES string of the molecule is C=CCN(CCO)c1ccc(C(C)=O)c([N+](=O)[O-])c1. The summed E-state index contributed by atoms with van der Waals surface area (Å²) in [6, 6.07) is 4.40. The van der Waals surface area contributed by atoms with Gasteiger partial charge in [-0.15, -0.1) is 6.58 Å². The predicted molar refractivity (Wildman–Crippen MR) is 72.6 cm³/mol. The number of carbonyl (C=O) groups is 1. The summed E-state index contributed by atoms with van der Waals surface area (Å²) in [4.78, 5) is 23.5. The first kappa shape index (κ1) is 14.8. The molecule has 0 aliphatic heterocycles. The summed E-state index contributed by atoms with van der Waals surface area (Å²) in [5, 5.41) is 20.0. The van der Waals surface area contributed by atoms with E-state index in [0.29, 0.717) is 18.8 Å². The van der Waals surface area contributed by atoms with E-state index < -0.39 is 4.92 Å². The number of nitro groups is 1. The van der Waals surface area contributed by atoms with Crippen LogP contribution in [-0.2, 0) is 0 Å². The second-order valence-corrected chi connectivity index (χ2v) is 3.97. The summed E-state index contributed by atoms with van der Waals surface area (Å²) in [7, 11) is 0. The van der Waals surface area contributed by atoms with Gasteiger partial charge in [0.2, 0.25) is 0 Å². The van der Waals surface area contributed by atoms with Crippen LogP contribution in [-0.4, -0.2) is 35.5 Å². The number of ketones is 1. The first-order valence-corrected chi connectivity index (χ1v) is 5.77. The van der Waals surface area contributed by atoms with Gasteiger partial charge in [0.25, 0.3) is 5.69 Å². The molecule has 0 amide bonds. The van der Waals surface area contributed by atoms with Crippen molar-refractivity contribution in [2.75, 3.05) is 24.6 Å². The highest BCUT2D eigenvalue weighted by Gasteiger charge is 2.19. The molecule has 0 aromatic heterocycles. The molecule has 19 heavy (non-hydrogen) atoms. The Bertz CT molecular complexity index is 499. The first-order chi connectivity index (χ1) is 9.01. The molecule has 0 aliphatic rings. The maximum atomic E-state index is 11.3. The van der Waals surface area contributed by atoms with E-state index in [4.69, 9.17) is 5.11 Å².